The van der Waals surface area contributed by atoms with Gasteiger partial charge >= 0.3 is 0 Å². The van der Waals surface area contributed by atoms with Crippen molar-refractivity contribution in [3.63, 3.8) is 0 Å². The normalized spacial score (nSPS) is 17.0. The van der Waals surface area contributed by atoms with Gasteiger partial charge in [0.25, 0.3) is 0 Å². The van der Waals surface area contributed by atoms with Gasteiger partial charge in [-0.05, 0) is 30.5 Å². The molecular weight excluding hydrogens is 262 g/mol. The van der Waals surface area contributed by atoms with E-state index in [9.17, 15) is 0 Å². The largest absolute Gasteiger partial charge is 0.497 e. The number of hydrogen-bond donors (Lipinski definition) is 1. The number of ether oxygens (including phenoxy) is 1. The second-order valence-corrected chi connectivity index (χ2v) is 5.87. The summed E-state index contributed by atoms with van der Waals surface area (Å²) in [4.78, 5) is 4.19. The second-order valence-electron chi connectivity index (χ2n) is 5.87. The molecule has 1 aromatic heterocycles. The molecule has 0 atom stereocenters. The van der Waals surface area contributed by atoms with Crippen LogP contribution in [0.4, 0.5) is 0 Å². The fourth-order valence-corrected chi connectivity index (χ4v) is 3.27. The molecule has 112 valence electrons. The molecule has 1 heterocycles. The first-order valence-corrected chi connectivity index (χ1v) is 7.58. The summed E-state index contributed by atoms with van der Waals surface area (Å²) in [5, 5.41) is 3.79. The van der Waals surface area contributed by atoms with Gasteiger partial charge in [-0.2, -0.15) is 0 Å². The minimum Gasteiger partial charge on any atom is -0.497 e. The number of imidazole rings is 1. The first-order valence-electron chi connectivity index (χ1n) is 7.58. The fourth-order valence-electron chi connectivity index (χ4n) is 3.27. The molecule has 0 amide bonds. The van der Waals surface area contributed by atoms with Crippen molar-refractivity contribution in [2.75, 3.05) is 7.11 Å². The molecule has 1 aromatic carbocycles. The van der Waals surface area contributed by atoms with E-state index in [4.69, 9.17) is 4.74 Å². The summed E-state index contributed by atoms with van der Waals surface area (Å²) >= 11 is 0. The van der Waals surface area contributed by atoms with Crippen molar-refractivity contribution in [2.24, 2.45) is 7.05 Å². The quantitative estimate of drug-likeness (QED) is 0.918. The standard InChI is InChI=1S/C17H23N3O/c1-20-13-18-11-15(20)12-19-17(9-3-4-10-17)14-5-7-16(21-2)8-6-14/h5-8,11,13,19H,3-4,9-10,12H2,1-2H3. The molecule has 0 aliphatic heterocycles. The molecule has 1 aliphatic rings. The third kappa shape index (κ3) is 2.81. The molecule has 21 heavy (non-hydrogen) atoms. The van der Waals surface area contributed by atoms with Crippen LogP contribution in [0.5, 0.6) is 5.75 Å². The van der Waals surface area contributed by atoms with Crippen LogP contribution >= 0.6 is 0 Å². The van der Waals surface area contributed by atoms with E-state index in [2.05, 4.69) is 39.1 Å². The number of rotatable bonds is 5. The van der Waals surface area contributed by atoms with Crippen LogP contribution in [0, 0.1) is 0 Å². The number of methoxy groups -OCH3 is 1. The van der Waals surface area contributed by atoms with Crippen molar-refractivity contribution in [3.8, 4) is 5.75 Å². The zero-order valence-electron chi connectivity index (χ0n) is 12.8. The van der Waals surface area contributed by atoms with E-state index in [0.717, 1.165) is 12.3 Å². The molecule has 1 saturated carbocycles. The minimum absolute atomic E-state index is 0.0938. The Labute approximate surface area is 126 Å². The van der Waals surface area contributed by atoms with E-state index in [0.29, 0.717) is 0 Å². The van der Waals surface area contributed by atoms with E-state index in [1.807, 2.05) is 19.6 Å². The molecule has 4 heteroatoms. The number of nitrogens with one attached hydrogen (secondary N) is 1. The van der Waals surface area contributed by atoms with Gasteiger partial charge in [-0.1, -0.05) is 25.0 Å². The molecule has 3 rings (SSSR count). The van der Waals surface area contributed by atoms with Crippen molar-refractivity contribution in [2.45, 2.75) is 37.8 Å². The van der Waals surface area contributed by atoms with Gasteiger partial charge in [-0.3, -0.25) is 0 Å². The Morgan fingerprint density at radius 1 is 1.24 bits per heavy atom. The summed E-state index contributed by atoms with van der Waals surface area (Å²) in [5.74, 6) is 0.915. The van der Waals surface area contributed by atoms with E-state index < -0.39 is 0 Å². The van der Waals surface area contributed by atoms with Gasteiger partial charge in [-0.15, -0.1) is 0 Å². The molecular formula is C17H23N3O. The van der Waals surface area contributed by atoms with Crippen molar-refractivity contribution >= 4 is 0 Å². The fraction of sp³-hybridized carbons (Fsp3) is 0.471. The predicted molar refractivity (Wildman–Crippen MR) is 83.2 cm³/mol. The lowest BCUT2D eigenvalue weighted by molar-refractivity contribution is 0.334. The summed E-state index contributed by atoms with van der Waals surface area (Å²) in [7, 11) is 3.75. The smallest absolute Gasteiger partial charge is 0.118 e. The number of nitrogens with zero attached hydrogens (tertiary/aromatic N) is 2. The van der Waals surface area contributed by atoms with E-state index in [1.54, 1.807) is 7.11 Å². The summed E-state index contributed by atoms with van der Waals surface area (Å²) in [6.45, 7) is 0.850. The monoisotopic (exact) mass is 285 g/mol. The zero-order valence-corrected chi connectivity index (χ0v) is 12.8. The molecule has 4 nitrogen and oxygen atoms in total. The van der Waals surface area contributed by atoms with Gasteiger partial charge in [0.15, 0.2) is 0 Å². The molecule has 0 saturated heterocycles. The number of hydrogen-bond acceptors (Lipinski definition) is 3. The Hall–Kier alpha value is -1.81. The molecule has 0 radical (unpaired) electrons. The van der Waals surface area contributed by atoms with Crippen LogP contribution in [0.2, 0.25) is 0 Å². The third-order valence-electron chi connectivity index (χ3n) is 4.62. The van der Waals surface area contributed by atoms with Gasteiger partial charge < -0.3 is 14.6 Å². The Kier molecular flexibility index (Phi) is 3.97. The topological polar surface area (TPSA) is 39.1 Å². The molecule has 0 spiro atoms. The van der Waals surface area contributed by atoms with Gasteiger partial charge in [0.2, 0.25) is 0 Å². The SMILES string of the molecule is COc1ccc(C2(NCc3cncn3C)CCCC2)cc1. The first kappa shape index (κ1) is 14.1. The molecule has 2 aromatic rings. The van der Waals surface area contributed by atoms with Gasteiger partial charge in [-0.25, -0.2) is 4.98 Å². The minimum atomic E-state index is 0.0938. The Bertz CT molecular complexity index is 582. The molecule has 1 N–H and O–H groups in total. The van der Waals surface area contributed by atoms with Crippen LogP contribution in [0.15, 0.2) is 36.8 Å². The first-order chi connectivity index (χ1) is 10.2. The Morgan fingerprint density at radius 3 is 2.52 bits per heavy atom. The average Bonchev–Trinajstić information content (AvgIpc) is 3.15. The van der Waals surface area contributed by atoms with Gasteiger partial charge in [0.1, 0.15) is 5.75 Å². The van der Waals surface area contributed by atoms with Gasteiger partial charge in [0, 0.05) is 25.3 Å². The van der Waals surface area contributed by atoms with E-state index >= 15 is 0 Å². The molecule has 1 fully saturated rings. The number of aryl methyl sites for hydroxylation is 1. The van der Waals surface area contributed by atoms with Crippen LogP contribution in [-0.2, 0) is 19.1 Å². The summed E-state index contributed by atoms with van der Waals surface area (Å²) in [6.07, 6.45) is 8.73. The maximum atomic E-state index is 5.27. The van der Waals surface area contributed by atoms with Crippen LogP contribution in [0.25, 0.3) is 0 Å². The van der Waals surface area contributed by atoms with Crippen molar-refractivity contribution in [1.82, 2.24) is 14.9 Å². The summed E-state index contributed by atoms with van der Waals surface area (Å²) in [6, 6.07) is 8.50. The Balaban J connectivity index is 1.80. The summed E-state index contributed by atoms with van der Waals surface area (Å²) < 4.78 is 7.34. The van der Waals surface area contributed by atoms with Crippen LogP contribution in [0.3, 0.4) is 0 Å². The number of aromatic nitrogens is 2. The zero-order chi connectivity index (χ0) is 14.7. The lowest BCUT2D eigenvalue weighted by Gasteiger charge is -2.31. The van der Waals surface area contributed by atoms with Crippen LogP contribution in [-0.4, -0.2) is 16.7 Å². The molecule has 1 aliphatic carbocycles. The third-order valence-corrected chi connectivity index (χ3v) is 4.62. The van der Waals surface area contributed by atoms with Gasteiger partial charge in [0.05, 0.1) is 19.1 Å². The highest BCUT2D eigenvalue weighted by Gasteiger charge is 2.35. The van der Waals surface area contributed by atoms with Crippen LogP contribution < -0.4 is 10.1 Å². The highest BCUT2D eigenvalue weighted by atomic mass is 16.5. The maximum Gasteiger partial charge on any atom is 0.118 e. The predicted octanol–water partition coefficient (Wildman–Crippen LogP) is 2.99. The lowest BCUT2D eigenvalue weighted by Crippen LogP contribution is -2.39. The molecule has 0 bridgehead atoms. The summed E-state index contributed by atoms with van der Waals surface area (Å²) in [5.41, 5.74) is 2.68. The van der Waals surface area contributed by atoms with E-state index in [-0.39, 0.29) is 5.54 Å². The van der Waals surface area contributed by atoms with E-state index in [1.165, 1.54) is 36.9 Å². The van der Waals surface area contributed by atoms with Crippen molar-refractivity contribution in [3.05, 3.63) is 48.0 Å². The van der Waals surface area contributed by atoms with Crippen molar-refractivity contribution in [1.29, 1.82) is 0 Å². The maximum absolute atomic E-state index is 5.27. The van der Waals surface area contributed by atoms with Crippen molar-refractivity contribution < 1.29 is 4.74 Å². The lowest BCUT2D eigenvalue weighted by atomic mass is 9.88. The highest BCUT2D eigenvalue weighted by Crippen LogP contribution is 2.39. The molecule has 0 unspecified atom stereocenters. The number of benzene rings is 1. The average molecular weight is 285 g/mol. The second kappa shape index (κ2) is 5.90. The highest BCUT2D eigenvalue weighted by molar-refractivity contribution is 5.32. The Morgan fingerprint density at radius 2 is 1.95 bits per heavy atom. The van der Waals surface area contributed by atoms with Crippen LogP contribution in [0.1, 0.15) is 36.9 Å².